The minimum Gasteiger partial charge on any atom is -0.453 e. The smallest absolute Gasteiger partial charge is 0.407 e. The topological polar surface area (TPSA) is 153 Å². The molecule has 0 radical (unpaired) electrons. The number of likely N-dealkylation sites (tertiary alicyclic amines) is 2. The molecular formula is C50H49N7O5. The highest BCUT2D eigenvalue weighted by atomic mass is 16.5. The van der Waals surface area contributed by atoms with Crippen LogP contribution in [0.2, 0.25) is 0 Å². The molecule has 2 fully saturated rings. The average molecular weight is 828 g/mol. The number of carbonyl (C=O) groups is 4. The molecular weight excluding hydrogens is 779 g/mol. The van der Waals surface area contributed by atoms with Crippen LogP contribution in [0.3, 0.4) is 0 Å². The van der Waals surface area contributed by atoms with Crippen molar-refractivity contribution in [1.29, 1.82) is 0 Å². The zero-order valence-corrected chi connectivity index (χ0v) is 34.8. The van der Waals surface area contributed by atoms with Gasteiger partial charge in [0.15, 0.2) is 0 Å². The molecule has 7 aromatic rings. The van der Waals surface area contributed by atoms with Crippen molar-refractivity contribution in [3.05, 3.63) is 150 Å². The van der Waals surface area contributed by atoms with Crippen molar-refractivity contribution in [2.75, 3.05) is 20.2 Å². The number of H-pyrrole nitrogens is 2. The minimum atomic E-state index is -0.858. The van der Waals surface area contributed by atoms with Crippen LogP contribution in [0.25, 0.3) is 44.2 Å². The maximum atomic E-state index is 14.1. The third-order valence-electron chi connectivity index (χ3n) is 12.3. The number of alkyl carbamates (subject to hydrolysis) is 1. The second-order valence-electron chi connectivity index (χ2n) is 16.1. The molecule has 2 aliphatic heterocycles. The molecule has 4 atom stereocenters. The summed E-state index contributed by atoms with van der Waals surface area (Å²) in [6, 6.07) is 39.9. The third kappa shape index (κ3) is 8.03. The van der Waals surface area contributed by atoms with E-state index >= 15 is 0 Å². The molecule has 4 N–H and O–H groups in total. The second kappa shape index (κ2) is 17.4. The Labute approximate surface area is 359 Å². The summed E-state index contributed by atoms with van der Waals surface area (Å²) in [5.74, 6) is 0.273. The van der Waals surface area contributed by atoms with E-state index in [9.17, 15) is 19.2 Å². The first-order valence-corrected chi connectivity index (χ1v) is 21.4. The van der Waals surface area contributed by atoms with Crippen LogP contribution >= 0.6 is 0 Å². The molecule has 4 heterocycles. The van der Waals surface area contributed by atoms with Gasteiger partial charge in [0.1, 0.15) is 17.9 Å². The average Bonchev–Trinajstić information content (AvgIpc) is 4.16. The number of aromatic nitrogens is 3. The zero-order valence-electron chi connectivity index (χ0n) is 34.8. The Hall–Kier alpha value is -7.21. The number of hydrogen-bond acceptors (Lipinski definition) is 6. The summed E-state index contributed by atoms with van der Waals surface area (Å²) < 4.78 is 4.86. The Morgan fingerprint density at radius 1 is 0.661 bits per heavy atom. The van der Waals surface area contributed by atoms with Crippen molar-refractivity contribution in [1.82, 2.24) is 35.4 Å². The summed E-state index contributed by atoms with van der Waals surface area (Å²) in [4.78, 5) is 68.7. The Bertz CT molecular complexity index is 2560. The number of fused-ring (bicyclic) bond motifs is 2. The predicted molar refractivity (Wildman–Crippen MR) is 239 cm³/mol. The zero-order chi connectivity index (χ0) is 42.7. The highest BCUT2D eigenvalue weighted by Crippen LogP contribution is 2.38. The molecule has 314 valence electrons. The maximum Gasteiger partial charge on any atom is 0.407 e. The van der Waals surface area contributed by atoms with Gasteiger partial charge in [-0.05, 0) is 88.7 Å². The van der Waals surface area contributed by atoms with E-state index in [1.165, 1.54) is 7.11 Å². The van der Waals surface area contributed by atoms with Crippen molar-refractivity contribution in [3.8, 4) is 22.3 Å². The molecule has 12 nitrogen and oxygen atoms in total. The standard InChI is InChI=1S/C50H49N7O5/c1-3-44(58)54-45(33-12-6-4-7-13-33)48(59)57-27-11-17-43(57)47-52-38-25-24-36(29-40(38)53-47)32-20-18-31(19-21-32)35-22-23-37-30-41(51-39(37)28-35)42-16-10-26-56(42)49(60)46(55-50(61)62-2)34-14-8-5-9-15-34/h4-9,12-15,18-25,28-30,42-43,45-46,51H,3,10-11,16-17,26-27H2,1-2H3,(H,52,53)(H,54,58)(H,55,61)/t42-,43-,45+,46+/m0/s1. The van der Waals surface area contributed by atoms with Gasteiger partial charge in [-0.2, -0.15) is 0 Å². The molecule has 0 unspecified atom stereocenters. The third-order valence-corrected chi connectivity index (χ3v) is 12.3. The van der Waals surface area contributed by atoms with Crippen molar-refractivity contribution in [2.24, 2.45) is 0 Å². The van der Waals surface area contributed by atoms with Gasteiger partial charge in [0.2, 0.25) is 17.7 Å². The summed E-state index contributed by atoms with van der Waals surface area (Å²) >= 11 is 0. The van der Waals surface area contributed by atoms with Gasteiger partial charge in [0.25, 0.3) is 0 Å². The largest absolute Gasteiger partial charge is 0.453 e. The lowest BCUT2D eigenvalue weighted by atomic mass is 9.99. The number of methoxy groups -OCH3 is 1. The number of rotatable bonds is 11. The van der Waals surface area contributed by atoms with E-state index < -0.39 is 18.2 Å². The van der Waals surface area contributed by atoms with Crippen LogP contribution in [0.1, 0.15) is 85.8 Å². The summed E-state index contributed by atoms with van der Waals surface area (Å²) in [5, 5.41) is 6.75. The number of carbonyl (C=O) groups excluding carboxylic acids is 4. The highest BCUT2D eigenvalue weighted by Gasteiger charge is 2.38. The van der Waals surface area contributed by atoms with E-state index in [0.29, 0.717) is 25.1 Å². The molecule has 2 aromatic heterocycles. The van der Waals surface area contributed by atoms with Crippen LogP contribution in [0.5, 0.6) is 0 Å². The first-order valence-electron chi connectivity index (χ1n) is 21.4. The number of ether oxygens (including phenoxy) is 1. The van der Waals surface area contributed by atoms with Crippen LogP contribution < -0.4 is 10.6 Å². The number of amides is 4. The van der Waals surface area contributed by atoms with Gasteiger partial charge in [-0.15, -0.1) is 0 Å². The lowest BCUT2D eigenvalue weighted by Gasteiger charge is -2.29. The van der Waals surface area contributed by atoms with E-state index in [-0.39, 0.29) is 29.8 Å². The highest BCUT2D eigenvalue weighted by molar-refractivity contribution is 5.91. The van der Waals surface area contributed by atoms with E-state index in [4.69, 9.17) is 9.72 Å². The SMILES string of the molecule is CCC(=O)N[C@@H](C(=O)N1CCC[C@H]1c1nc2ccc(-c3ccc(-c4ccc5cc([C@@H]6CCCN6C(=O)[C@H](NC(=O)OC)c6ccccc6)[nH]c5c4)cc3)cc2[nH]1)c1ccccc1. The van der Waals surface area contributed by atoms with E-state index in [1.54, 1.807) is 6.92 Å². The Morgan fingerprint density at radius 3 is 1.82 bits per heavy atom. The number of nitrogens with one attached hydrogen (secondary N) is 4. The normalized spacial score (nSPS) is 17.3. The number of nitrogens with zero attached hydrogens (tertiary/aromatic N) is 3. The van der Waals surface area contributed by atoms with Gasteiger partial charge in [-0.25, -0.2) is 9.78 Å². The van der Waals surface area contributed by atoms with Gasteiger partial charge in [0.05, 0.1) is 30.2 Å². The van der Waals surface area contributed by atoms with Gasteiger partial charge in [-0.3, -0.25) is 14.4 Å². The Balaban J connectivity index is 0.910. The quantitative estimate of drug-likeness (QED) is 0.102. The van der Waals surface area contributed by atoms with Gasteiger partial charge in [-0.1, -0.05) is 110 Å². The fourth-order valence-corrected chi connectivity index (χ4v) is 9.04. The maximum absolute atomic E-state index is 14.1. The van der Waals surface area contributed by atoms with Crippen molar-refractivity contribution < 1.29 is 23.9 Å². The number of hydrogen-bond donors (Lipinski definition) is 4. The Kier molecular flexibility index (Phi) is 11.3. The van der Waals surface area contributed by atoms with E-state index in [1.807, 2.05) is 76.5 Å². The predicted octanol–water partition coefficient (Wildman–Crippen LogP) is 9.07. The molecule has 0 spiro atoms. The first kappa shape index (κ1) is 40.2. The first-order chi connectivity index (χ1) is 30.3. The molecule has 0 bridgehead atoms. The van der Waals surface area contributed by atoms with Crippen LogP contribution in [0.15, 0.2) is 127 Å². The summed E-state index contributed by atoms with van der Waals surface area (Å²) in [7, 11) is 1.29. The Morgan fingerprint density at radius 2 is 1.21 bits per heavy atom. The number of imidazole rings is 1. The molecule has 12 heteroatoms. The van der Waals surface area contributed by atoms with Crippen LogP contribution in [-0.2, 0) is 19.1 Å². The monoisotopic (exact) mass is 827 g/mol. The molecule has 5 aromatic carbocycles. The molecule has 62 heavy (non-hydrogen) atoms. The molecule has 4 amide bonds. The van der Waals surface area contributed by atoms with Gasteiger partial charge >= 0.3 is 6.09 Å². The molecule has 2 saturated heterocycles. The van der Waals surface area contributed by atoms with Crippen LogP contribution in [0.4, 0.5) is 4.79 Å². The fourth-order valence-electron chi connectivity index (χ4n) is 9.04. The summed E-state index contributed by atoms with van der Waals surface area (Å²) in [6.45, 7) is 2.97. The van der Waals surface area contributed by atoms with Gasteiger partial charge < -0.3 is 35.1 Å². The molecule has 9 rings (SSSR count). The van der Waals surface area contributed by atoms with Crippen LogP contribution in [0, 0.1) is 0 Å². The van der Waals surface area contributed by atoms with E-state index in [2.05, 4.69) is 81.3 Å². The fraction of sp³-hybridized carbons (Fsp3) is 0.260. The number of benzene rings is 5. The van der Waals surface area contributed by atoms with Crippen LogP contribution in [-0.4, -0.2) is 68.8 Å². The van der Waals surface area contributed by atoms with Crippen molar-refractivity contribution in [2.45, 2.75) is 63.2 Å². The van der Waals surface area contributed by atoms with Gasteiger partial charge in [0, 0.05) is 30.7 Å². The van der Waals surface area contributed by atoms with Crippen molar-refractivity contribution >= 4 is 45.8 Å². The summed E-state index contributed by atoms with van der Waals surface area (Å²) in [5.41, 5.74) is 9.37. The van der Waals surface area contributed by atoms with E-state index in [0.717, 1.165) is 87.0 Å². The lowest BCUT2D eigenvalue weighted by Crippen LogP contribution is -2.42. The molecule has 2 aliphatic rings. The molecule has 0 saturated carbocycles. The number of aromatic amines is 2. The lowest BCUT2D eigenvalue weighted by molar-refractivity contribution is -0.137. The second-order valence-corrected chi connectivity index (χ2v) is 16.1. The van der Waals surface area contributed by atoms with Crippen molar-refractivity contribution in [3.63, 3.8) is 0 Å². The molecule has 0 aliphatic carbocycles. The minimum absolute atomic E-state index is 0.131. The summed E-state index contributed by atoms with van der Waals surface area (Å²) in [6.07, 6.45) is 2.93.